The molecule has 4 nitrogen and oxygen atoms in total. The number of nitrogens with zero attached hydrogens (tertiary/aromatic N) is 1. The predicted octanol–water partition coefficient (Wildman–Crippen LogP) is 3.55. The lowest BCUT2D eigenvalue weighted by atomic mass is 9.93. The first kappa shape index (κ1) is 17.0. The maximum atomic E-state index is 9.51. The summed E-state index contributed by atoms with van der Waals surface area (Å²) in [5.74, 6) is -0.619. The molecule has 1 fully saturated rings. The van der Waals surface area contributed by atoms with Gasteiger partial charge in [-0.05, 0) is 32.8 Å². The van der Waals surface area contributed by atoms with Crippen LogP contribution in [0.15, 0.2) is 30.3 Å². The van der Waals surface area contributed by atoms with Crippen LogP contribution in [0.25, 0.3) is 0 Å². The van der Waals surface area contributed by atoms with Gasteiger partial charge in [0.1, 0.15) is 11.6 Å². The summed E-state index contributed by atoms with van der Waals surface area (Å²) in [4.78, 5) is 0. The normalized spacial score (nSPS) is 26.9. The molecule has 2 rings (SSSR count). The van der Waals surface area contributed by atoms with E-state index in [1.54, 1.807) is 0 Å². The van der Waals surface area contributed by atoms with Gasteiger partial charge in [0.25, 0.3) is 0 Å². The molecule has 0 saturated carbocycles. The molecule has 1 heterocycles. The second-order valence-electron chi connectivity index (χ2n) is 6.60. The smallest absolute Gasteiger partial charge is 0.163 e. The van der Waals surface area contributed by atoms with E-state index in [4.69, 9.17) is 9.47 Å². The van der Waals surface area contributed by atoms with E-state index in [1.807, 2.05) is 39.0 Å². The summed E-state index contributed by atoms with van der Waals surface area (Å²) < 4.78 is 12.0. The van der Waals surface area contributed by atoms with Crippen molar-refractivity contribution < 1.29 is 9.47 Å². The van der Waals surface area contributed by atoms with Gasteiger partial charge in [-0.1, -0.05) is 43.7 Å². The molecule has 120 valence electrons. The van der Waals surface area contributed by atoms with Crippen molar-refractivity contribution in [2.45, 2.75) is 64.0 Å². The third kappa shape index (κ3) is 4.07. The summed E-state index contributed by atoms with van der Waals surface area (Å²) in [5.41, 5.74) is 0.536. The van der Waals surface area contributed by atoms with Crippen LogP contribution in [0, 0.1) is 11.3 Å². The minimum absolute atomic E-state index is 0.0494. The number of nitrogens with one attached hydrogen (secondary N) is 1. The van der Waals surface area contributed by atoms with E-state index in [1.165, 1.54) is 0 Å². The molecule has 1 aromatic rings. The van der Waals surface area contributed by atoms with Crippen LogP contribution in [-0.2, 0) is 9.47 Å². The molecule has 0 amide bonds. The third-order valence-corrected chi connectivity index (χ3v) is 4.02. The Bertz CT molecular complexity index is 524. The average molecular weight is 302 g/mol. The second-order valence-corrected chi connectivity index (χ2v) is 6.60. The van der Waals surface area contributed by atoms with Crippen LogP contribution in [0.5, 0.6) is 0 Å². The van der Waals surface area contributed by atoms with Crippen LogP contribution < -0.4 is 5.32 Å². The van der Waals surface area contributed by atoms with Crippen molar-refractivity contribution in [3.8, 4) is 6.07 Å². The van der Waals surface area contributed by atoms with E-state index in [2.05, 4.69) is 30.4 Å². The molecule has 1 aliphatic rings. The number of nitriles is 1. The molecular weight excluding hydrogens is 276 g/mol. The predicted molar refractivity (Wildman–Crippen MR) is 86.1 cm³/mol. The SMILES string of the molecule is CCC[C@](C)(C#N)N[C@H]1COC(C)(C)O[C@H]1c1ccccc1. The lowest BCUT2D eigenvalue weighted by molar-refractivity contribution is -0.286. The van der Waals surface area contributed by atoms with Crippen molar-refractivity contribution in [2.24, 2.45) is 0 Å². The molecule has 4 heteroatoms. The lowest BCUT2D eigenvalue weighted by Crippen LogP contribution is -2.56. The highest BCUT2D eigenvalue weighted by Crippen LogP contribution is 2.34. The zero-order valence-electron chi connectivity index (χ0n) is 13.9. The fourth-order valence-corrected chi connectivity index (χ4v) is 2.93. The van der Waals surface area contributed by atoms with Gasteiger partial charge in [0.2, 0.25) is 0 Å². The molecule has 0 spiro atoms. The fraction of sp³-hybridized carbons (Fsp3) is 0.611. The summed E-state index contributed by atoms with van der Waals surface area (Å²) in [6, 6.07) is 12.5. The number of hydrogen-bond donors (Lipinski definition) is 1. The molecule has 0 aromatic heterocycles. The van der Waals surface area contributed by atoms with Gasteiger partial charge < -0.3 is 9.47 Å². The average Bonchev–Trinajstić information content (AvgIpc) is 2.50. The Morgan fingerprint density at radius 1 is 1.36 bits per heavy atom. The number of hydrogen-bond acceptors (Lipinski definition) is 4. The highest BCUT2D eigenvalue weighted by Gasteiger charge is 2.40. The maximum absolute atomic E-state index is 9.51. The van der Waals surface area contributed by atoms with Gasteiger partial charge in [-0.2, -0.15) is 5.26 Å². The zero-order valence-corrected chi connectivity index (χ0v) is 13.9. The largest absolute Gasteiger partial charge is 0.349 e. The number of ether oxygens (including phenoxy) is 2. The number of rotatable bonds is 5. The topological polar surface area (TPSA) is 54.3 Å². The highest BCUT2D eigenvalue weighted by atomic mass is 16.7. The fourth-order valence-electron chi connectivity index (χ4n) is 2.93. The van der Waals surface area contributed by atoms with Gasteiger partial charge in [-0.25, -0.2) is 0 Å². The standard InChI is InChI=1S/C18H26N2O2/c1-5-11-18(4,13-19)20-15-12-21-17(2,3)22-16(15)14-9-7-6-8-10-14/h6-10,15-16,20H,5,11-12H2,1-4H3/t15-,16-,18+/m0/s1. The quantitative estimate of drug-likeness (QED) is 0.903. The van der Waals surface area contributed by atoms with E-state index >= 15 is 0 Å². The molecule has 1 N–H and O–H groups in total. The Balaban J connectivity index is 2.23. The first-order valence-corrected chi connectivity index (χ1v) is 7.95. The van der Waals surface area contributed by atoms with Gasteiger partial charge in [0.05, 0.1) is 18.7 Å². The molecule has 1 saturated heterocycles. The Labute approximate surface area is 133 Å². The molecular formula is C18H26N2O2. The zero-order chi connectivity index (χ0) is 16.2. The maximum Gasteiger partial charge on any atom is 0.163 e. The van der Waals surface area contributed by atoms with Crippen LogP contribution in [0.3, 0.4) is 0 Å². The molecule has 1 aliphatic heterocycles. The summed E-state index contributed by atoms with van der Waals surface area (Å²) in [6.45, 7) is 8.40. The van der Waals surface area contributed by atoms with E-state index in [9.17, 15) is 5.26 Å². The molecule has 0 bridgehead atoms. The van der Waals surface area contributed by atoms with Crippen LogP contribution in [-0.4, -0.2) is 24.0 Å². The van der Waals surface area contributed by atoms with Gasteiger partial charge in [0, 0.05) is 0 Å². The van der Waals surface area contributed by atoms with Gasteiger partial charge in [0.15, 0.2) is 5.79 Å². The Kier molecular flexibility index (Phi) is 5.23. The van der Waals surface area contributed by atoms with E-state index < -0.39 is 11.3 Å². The molecule has 0 unspecified atom stereocenters. The summed E-state index contributed by atoms with van der Waals surface area (Å²) >= 11 is 0. The Hall–Kier alpha value is -1.41. The summed E-state index contributed by atoms with van der Waals surface area (Å²) in [7, 11) is 0. The van der Waals surface area contributed by atoms with E-state index in [0.29, 0.717) is 6.61 Å². The van der Waals surface area contributed by atoms with Crippen LogP contribution >= 0.6 is 0 Å². The first-order chi connectivity index (χ1) is 10.4. The van der Waals surface area contributed by atoms with Crippen molar-refractivity contribution in [1.29, 1.82) is 5.26 Å². The van der Waals surface area contributed by atoms with E-state index in [0.717, 1.165) is 18.4 Å². The third-order valence-electron chi connectivity index (χ3n) is 4.02. The van der Waals surface area contributed by atoms with Crippen molar-refractivity contribution in [3.63, 3.8) is 0 Å². The van der Waals surface area contributed by atoms with Crippen molar-refractivity contribution in [3.05, 3.63) is 35.9 Å². The highest BCUT2D eigenvalue weighted by molar-refractivity contribution is 5.21. The molecule has 22 heavy (non-hydrogen) atoms. The molecule has 3 atom stereocenters. The summed E-state index contributed by atoms with van der Waals surface area (Å²) in [6.07, 6.45) is 1.62. The summed E-state index contributed by atoms with van der Waals surface area (Å²) in [5, 5.41) is 13.0. The molecule has 0 radical (unpaired) electrons. The minimum atomic E-state index is -0.619. The Morgan fingerprint density at radius 2 is 2.05 bits per heavy atom. The second kappa shape index (κ2) is 6.78. The van der Waals surface area contributed by atoms with E-state index in [-0.39, 0.29) is 12.1 Å². The monoisotopic (exact) mass is 302 g/mol. The van der Waals surface area contributed by atoms with Crippen LogP contribution in [0.1, 0.15) is 52.2 Å². The van der Waals surface area contributed by atoms with Crippen molar-refractivity contribution >= 4 is 0 Å². The number of benzene rings is 1. The molecule has 0 aliphatic carbocycles. The van der Waals surface area contributed by atoms with Gasteiger partial charge >= 0.3 is 0 Å². The van der Waals surface area contributed by atoms with Crippen LogP contribution in [0.2, 0.25) is 0 Å². The minimum Gasteiger partial charge on any atom is -0.349 e. The Morgan fingerprint density at radius 3 is 2.64 bits per heavy atom. The lowest BCUT2D eigenvalue weighted by Gasteiger charge is -2.43. The van der Waals surface area contributed by atoms with Gasteiger partial charge in [-0.15, -0.1) is 0 Å². The van der Waals surface area contributed by atoms with Gasteiger partial charge in [-0.3, -0.25) is 5.32 Å². The van der Waals surface area contributed by atoms with Crippen molar-refractivity contribution in [2.75, 3.05) is 6.61 Å². The van der Waals surface area contributed by atoms with Crippen LogP contribution in [0.4, 0.5) is 0 Å². The first-order valence-electron chi connectivity index (χ1n) is 7.95. The van der Waals surface area contributed by atoms with Crippen molar-refractivity contribution in [1.82, 2.24) is 5.32 Å². The molecule has 1 aromatic carbocycles.